The van der Waals surface area contributed by atoms with Crippen LogP contribution < -0.4 is 10.6 Å². The van der Waals surface area contributed by atoms with Crippen molar-refractivity contribution < 1.29 is 4.79 Å². The second-order valence-electron chi connectivity index (χ2n) is 6.19. The van der Waals surface area contributed by atoms with Gasteiger partial charge in [-0.05, 0) is 51.9 Å². The first-order chi connectivity index (χ1) is 10.1. The number of piperidine rings is 1. The Kier molecular flexibility index (Phi) is 4.33. The molecule has 0 aliphatic carbocycles. The molecule has 1 aromatic rings. The van der Waals surface area contributed by atoms with Crippen LogP contribution in [0.1, 0.15) is 38.3 Å². The van der Waals surface area contributed by atoms with Gasteiger partial charge in [0.2, 0.25) is 5.91 Å². The molecule has 1 fully saturated rings. The number of fused-ring (bicyclic) bond motifs is 1. The number of benzene rings is 1. The zero-order valence-electron chi connectivity index (χ0n) is 12.5. The van der Waals surface area contributed by atoms with E-state index in [9.17, 15) is 4.79 Å². The lowest BCUT2D eigenvalue weighted by molar-refractivity contribution is -0.118. The molecule has 5 heteroatoms. The van der Waals surface area contributed by atoms with Gasteiger partial charge in [-0.2, -0.15) is 0 Å². The summed E-state index contributed by atoms with van der Waals surface area (Å²) in [6.07, 6.45) is 2.20. The van der Waals surface area contributed by atoms with Crippen molar-refractivity contribution >= 4 is 27.5 Å². The highest BCUT2D eigenvalue weighted by Crippen LogP contribution is 2.37. The number of hydrogen-bond acceptors (Lipinski definition) is 3. The van der Waals surface area contributed by atoms with E-state index in [0.29, 0.717) is 12.1 Å². The number of carbonyl (C=O) groups excluding carboxylic acids is 1. The van der Waals surface area contributed by atoms with Crippen molar-refractivity contribution in [2.45, 2.75) is 44.8 Å². The molecule has 3 rings (SSSR count). The van der Waals surface area contributed by atoms with E-state index in [4.69, 9.17) is 0 Å². The Morgan fingerprint density at radius 3 is 2.71 bits per heavy atom. The van der Waals surface area contributed by atoms with E-state index < -0.39 is 0 Å². The van der Waals surface area contributed by atoms with Gasteiger partial charge in [0.15, 0.2) is 0 Å². The first kappa shape index (κ1) is 15.0. The van der Waals surface area contributed by atoms with Gasteiger partial charge >= 0.3 is 0 Å². The zero-order valence-corrected chi connectivity index (χ0v) is 14.1. The summed E-state index contributed by atoms with van der Waals surface area (Å²) in [7, 11) is 0. The maximum absolute atomic E-state index is 12.2. The molecule has 0 saturated carbocycles. The maximum atomic E-state index is 12.2. The van der Waals surface area contributed by atoms with Crippen molar-refractivity contribution in [3.8, 4) is 0 Å². The molecule has 0 spiro atoms. The Morgan fingerprint density at radius 1 is 1.33 bits per heavy atom. The van der Waals surface area contributed by atoms with Crippen molar-refractivity contribution in [1.82, 2.24) is 10.2 Å². The topological polar surface area (TPSA) is 44.4 Å². The van der Waals surface area contributed by atoms with Gasteiger partial charge in [-0.3, -0.25) is 10.1 Å². The molecule has 21 heavy (non-hydrogen) atoms. The summed E-state index contributed by atoms with van der Waals surface area (Å²) < 4.78 is 0.996. The quantitative estimate of drug-likeness (QED) is 0.879. The third-order valence-corrected chi connectivity index (χ3v) is 5.22. The zero-order chi connectivity index (χ0) is 15.0. The van der Waals surface area contributed by atoms with Crippen molar-refractivity contribution in [3.05, 3.63) is 28.2 Å². The van der Waals surface area contributed by atoms with E-state index in [1.54, 1.807) is 0 Å². The molecular weight excluding hydrogens is 330 g/mol. The van der Waals surface area contributed by atoms with E-state index >= 15 is 0 Å². The molecule has 4 nitrogen and oxygen atoms in total. The molecule has 114 valence electrons. The Labute approximate surface area is 134 Å². The third kappa shape index (κ3) is 3.00. The number of carbonyl (C=O) groups is 1. The van der Waals surface area contributed by atoms with Gasteiger partial charge < -0.3 is 10.2 Å². The molecule has 2 aliphatic heterocycles. The Morgan fingerprint density at radius 2 is 2.05 bits per heavy atom. The molecule has 1 unspecified atom stereocenters. The molecule has 0 aromatic heterocycles. The molecule has 1 atom stereocenters. The molecule has 1 aromatic carbocycles. The number of likely N-dealkylation sites (tertiary alicyclic amines) is 1. The number of amides is 1. The van der Waals surface area contributed by atoms with Crippen LogP contribution in [0, 0.1) is 0 Å². The van der Waals surface area contributed by atoms with Gasteiger partial charge in [-0.15, -0.1) is 0 Å². The highest BCUT2D eigenvalue weighted by molar-refractivity contribution is 9.10. The van der Waals surface area contributed by atoms with Crippen LogP contribution in [0.3, 0.4) is 0 Å². The summed E-state index contributed by atoms with van der Waals surface area (Å²) in [4.78, 5) is 14.7. The highest BCUT2D eigenvalue weighted by atomic mass is 79.9. The Hall–Kier alpha value is -0.910. The minimum Gasteiger partial charge on any atom is -0.324 e. The standard InChI is InChI=1S/C16H22BrN3O/c1-10(2)20-8-6-11(7-9-20)18-15-14-12(17)4-3-5-13(14)19-16(15)21/h3-5,10-11,15,18H,6-9H2,1-2H3,(H,19,21). The predicted octanol–water partition coefficient (Wildman–Crippen LogP) is 2.90. The first-order valence-electron chi connectivity index (χ1n) is 7.65. The summed E-state index contributed by atoms with van der Waals surface area (Å²) in [5.74, 6) is 0.0585. The molecule has 2 aliphatic rings. The smallest absolute Gasteiger partial charge is 0.246 e. The van der Waals surface area contributed by atoms with Crippen LogP contribution in [0.15, 0.2) is 22.7 Å². The van der Waals surface area contributed by atoms with Gasteiger partial charge in [0.1, 0.15) is 6.04 Å². The van der Waals surface area contributed by atoms with Crippen LogP contribution in [0.5, 0.6) is 0 Å². The SMILES string of the molecule is CC(C)N1CCC(NC2C(=O)Nc3cccc(Br)c32)CC1. The van der Waals surface area contributed by atoms with E-state index in [-0.39, 0.29) is 11.9 Å². The van der Waals surface area contributed by atoms with Gasteiger partial charge in [-0.1, -0.05) is 22.0 Å². The monoisotopic (exact) mass is 351 g/mol. The van der Waals surface area contributed by atoms with Gasteiger partial charge in [-0.25, -0.2) is 0 Å². The summed E-state index contributed by atoms with van der Waals surface area (Å²) in [5, 5.41) is 6.52. The van der Waals surface area contributed by atoms with E-state index in [0.717, 1.165) is 41.7 Å². The largest absolute Gasteiger partial charge is 0.324 e. The second kappa shape index (κ2) is 6.07. The van der Waals surface area contributed by atoms with Crippen LogP contribution in [-0.2, 0) is 4.79 Å². The number of halogens is 1. The normalized spacial score (nSPS) is 23.4. The second-order valence-corrected chi connectivity index (χ2v) is 7.05. The van der Waals surface area contributed by atoms with Crippen molar-refractivity contribution in [3.63, 3.8) is 0 Å². The number of nitrogens with one attached hydrogen (secondary N) is 2. The Balaban J connectivity index is 1.68. The molecular formula is C16H22BrN3O. The van der Waals surface area contributed by atoms with E-state index in [2.05, 4.69) is 45.3 Å². The number of anilines is 1. The minimum absolute atomic E-state index is 0.0585. The average molecular weight is 352 g/mol. The fraction of sp³-hybridized carbons (Fsp3) is 0.562. The van der Waals surface area contributed by atoms with Gasteiger partial charge in [0.25, 0.3) is 0 Å². The summed E-state index contributed by atoms with van der Waals surface area (Å²) in [5.41, 5.74) is 1.97. The Bertz CT molecular complexity index is 538. The fourth-order valence-electron chi connectivity index (χ4n) is 3.25. The summed E-state index contributed by atoms with van der Waals surface area (Å²) in [6, 6.07) is 6.69. The minimum atomic E-state index is -0.230. The molecule has 2 N–H and O–H groups in total. The van der Waals surface area contributed by atoms with Crippen LogP contribution in [0.25, 0.3) is 0 Å². The van der Waals surface area contributed by atoms with Crippen LogP contribution in [0.2, 0.25) is 0 Å². The summed E-state index contributed by atoms with van der Waals surface area (Å²) >= 11 is 3.57. The van der Waals surface area contributed by atoms with Crippen molar-refractivity contribution in [2.24, 2.45) is 0 Å². The lowest BCUT2D eigenvalue weighted by atomic mass is 10.0. The predicted molar refractivity (Wildman–Crippen MR) is 88.4 cm³/mol. The fourth-order valence-corrected chi connectivity index (χ4v) is 3.85. The molecule has 0 radical (unpaired) electrons. The number of hydrogen-bond donors (Lipinski definition) is 2. The van der Waals surface area contributed by atoms with E-state index in [1.807, 2.05) is 18.2 Å². The lowest BCUT2D eigenvalue weighted by Crippen LogP contribution is -2.46. The van der Waals surface area contributed by atoms with Gasteiger partial charge in [0.05, 0.1) is 0 Å². The third-order valence-electron chi connectivity index (χ3n) is 4.52. The van der Waals surface area contributed by atoms with E-state index in [1.165, 1.54) is 0 Å². The van der Waals surface area contributed by atoms with Crippen LogP contribution >= 0.6 is 15.9 Å². The summed E-state index contributed by atoms with van der Waals surface area (Å²) in [6.45, 7) is 6.69. The lowest BCUT2D eigenvalue weighted by Gasteiger charge is -2.35. The van der Waals surface area contributed by atoms with Crippen molar-refractivity contribution in [1.29, 1.82) is 0 Å². The molecule has 2 heterocycles. The molecule has 1 amide bonds. The van der Waals surface area contributed by atoms with Crippen molar-refractivity contribution in [2.75, 3.05) is 18.4 Å². The van der Waals surface area contributed by atoms with Crippen LogP contribution in [-0.4, -0.2) is 36.0 Å². The molecule has 0 bridgehead atoms. The maximum Gasteiger partial charge on any atom is 0.246 e. The first-order valence-corrected chi connectivity index (χ1v) is 8.45. The van der Waals surface area contributed by atoms with Crippen LogP contribution in [0.4, 0.5) is 5.69 Å². The number of rotatable bonds is 3. The van der Waals surface area contributed by atoms with Gasteiger partial charge in [0, 0.05) is 27.8 Å². The average Bonchev–Trinajstić information content (AvgIpc) is 2.77. The molecule has 1 saturated heterocycles. The number of nitrogens with zero attached hydrogens (tertiary/aromatic N) is 1. The highest BCUT2D eigenvalue weighted by Gasteiger charge is 2.34.